The third-order valence-corrected chi connectivity index (χ3v) is 3.26. The SMILES string of the molecule is CC(C)OCCNC1CCSCC1. The second-order valence-corrected chi connectivity index (χ2v) is 4.99. The molecule has 2 nitrogen and oxygen atoms in total. The third kappa shape index (κ3) is 5.55. The Hall–Kier alpha value is 0.270. The van der Waals surface area contributed by atoms with Crippen molar-refractivity contribution >= 4 is 11.8 Å². The minimum absolute atomic E-state index is 0.365. The maximum Gasteiger partial charge on any atom is 0.0594 e. The van der Waals surface area contributed by atoms with E-state index in [1.54, 1.807) is 0 Å². The molecule has 0 saturated carbocycles. The lowest BCUT2D eigenvalue weighted by Crippen LogP contribution is -2.35. The van der Waals surface area contributed by atoms with Crippen molar-refractivity contribution in [1.29, 1.82) is 0 Å². The first kappa shape index (κ1) is 11.3. The molecule has 1 fully saturated rings. The van der Waals surface area contributed by atoms with Crippen LogP contribution in [0.4, 0.5) is 0 Å². The van der Waals surface area contributed by atoms with Crippen LogP contribution in [-0.4, -0.2) is 36.8 Å². The number of hydrogen-bond donors (Lipinski definition) is 1. The summed E-state index contributed by atoms with van der Waals surface area (Å²) in [6, 6.07) is 0.747. The Bertz CT molecular complexity index is 124. The van der Waals surface area contributed by atoms with E-state index in [0.717, 1.165) is 19.2 Å². The molecule has 0 spiro atoms. The van der Waals surface area contributed by atoms with Gasteiger partial charge in [-0.25, -0.2) is 0 Å². The molecule has 1 aliphatic heterocycles. The van der Waals surface area contributed by atoms with Crippen LogP contribution in [0, 0.1) is 0 Å². The zero-order valence-corrected chi connectivity index (χ0v) is 9.53. The summed E-state index contributed by atoms with van der Waals surface area (Å²) < 4.78 is 5.47. The number of rotatable bonds is 5. The van der Waals surface area contributed by atoms with Gasteiger partial charge in [0.25, 0.3) is 0 Å². The predicted molar refractivity (Wildman–Crippen MR) is 59.4 cm³/mol. The van der Waals surface area contributed by atoms with Crippen molar-refractivity contribution in [3.63, 3.8) is 0 Å². The Kier molecular flexibility index (Phi) is 5.83. The monoisotopic (exact) mass is 203 g/mol. The Balaban J connectivity index is 1.92. The topological polar surface area (TPSA) is 21.3 Å². The van der Waals surface area contributed by atoms with E-state index in [0.29, 0.717) is 6.10 Å². The molecule has 0 radical (unpaired) electrons. The molecule has 0 aromatic rings. The lowest BCUT2D eigenvalue weighted by molar-refractivity contribution is 0.0791. The standard InChI is InChI=1S/C10H21NOS/c1-9(2)12-6-5-11-10-3-7-13-8-4-10/h9-11H,3-8H2,1-2H3. The van der Waals surface area contributed by atoms with Crippen LogP contribution >= 0.6 is 11.8 Å². The van der Waals surface area contributed by atoms with Gasteiger partial charge in [-0.2, -0.15) is 11.8 Å². The minimum Gasteiger partial charge on any atom is -0.377 e. The van der Waals surface area contributed by atoms with Crippen molar-refractivity contribution in [2.45, 2.75) is 38.8 Å². The van der Waals surface area contributed by atoms with Crippen molar-refractivity contribution in [3.8, 4) is 0 Å². The molecule has 1 N–H and O–H groups in total. The highest BCUT2D eigenvalue weighted by molar-refractivity contribution is 7.99. The van der Waals surface area contributed by atoms with Gasteiger partial charge in [0.2, 0.25) is 0 Å². The van der Waals surface area contributed by atoms with Crippen molar-refractivity contribution in [2.75, 3.05) is 24.7 Å². The average molecular weight is 203 g/mol. The summed E-state index contributed by atoms with van der Waals surface area (Å²) >= 11 is 2.07. The highest BCUT2D eigenvalue weighted by Gasteiger charge is 2.11. The van der Waals surface area contributed by atoms with Gasteiger partial charge in [-0.1, -0.05) is 0 Å². The van der Waals surface area contributed by atoms with Crippen LogP contribution in [0.25, 0.3) is 0 Å². The van der Waals surface area contributed by atoms with Gasteiger partial charge in [0.15, 0.2) is 0 Å². The molecule has 3 heteroatoms. The van der Waals surface area contributed by atoms with E-state index in [1.807, 2.05) is 0 Å². The van der Waals surface area contributed by atoms with Crippen LogP contribution in [-0.2, 0) is 4.74 Å². The molecule has 0 atom stereocenters. The second kappa shape index (κ2) is 6.68. The van der Waals surface area contributed by atoms with E-state index in [2.05, 4.69) is 30.9 Å². The maximum absolute atomic E-state index is 5.47. The third-order valence-electron chi connectivity index (χ3n) is 2.21. The molecule has 1 rings (SSSR count). The smallest absolute Gasteiger partial charge is 0.0594 e. The maximum atomic E-state index is 5.47. The van der Waals surface area contributed by atoms with Crippen LogP contribution in [0.2, 0.25) is 0 Å². The molecule has 1 aliphatic rings. The molecule has 13 heavy (non-hydrogen) atoms. The van der Waals surface area contributed by atoms with E-state index in [4.69, 9.17) is 4.74 Å². The first-order valence-electron chi connectivity index (χ1n) is 5.22. The van der Waals surface area contributed by atoms with Crippen LogP contribution in [0.1, 0.15) is 26.7 Å². The number of ether oxygens (including phenoxy) is 1. The fourth-order valence-electron chi connectivity index (χ4n) is 1.46. The highest BCUT2D eigenvalue weighted by atomic mass is 32.2. The van der Waals surface area contributed by atoms with Crippen LogP contribution in [0.5, 0.6) is 0 Å². The summed E-state index contributed by atoms with van der Waals surface area (Å²) in [4.78, 5) is 0. The fourth-order valence-corrected chi connectivity index (χ4v) is 2.57. The first-order valence-corrected chi connectivity index (χ1v) is 6.37. The average Bonchev–Trinajstić information content (AvgIpc) is 2.14. The molecule has 78 valence electrons. The molecule has 0 amide bonds. The lowest BCUT2D eigenvalue weighted by Gasteiger charge is -2.22. The summed E-state index contributed by atoms with van der Waals surface area (Å²) in [6.45, 7) is 6.02. The van der Waals surface area contributed by atoms with Gasteiger partial charge in [0, 0.05) is 12.6 Å². The normalized spacial score (nSPS) is 19.6. The van der Waals surface area contributed by atoms with Crippen molar-refractivity contribution < 1.29 is 4.74 Å². The highest BCUT2D eigenvalue weighted by Crippen LogP contribution is 2.16. The molecule has 0 aromatic heterocycles. The van der Waals surface area contributed by atoms with Gasteiger partial charge in [-0.15, -0.1) is 0 Å². The molecular formula is C10H21NOS. The van der Waals surface area contributed by atoms with Crippen molar-refractivity contribution in [1.82, 2.24) is 5.32 Å². The summed E-state index contributed by atoms with van der Waals surface area (Å²) in [5, 5.41) is 3.54. The molecule has 0 aliphatic carbocycles. The van der Waals surface area contributed by atoms with Gasteiger partial charge in [-0.05, 0) is 38.2 Å². The van der Waals surface area contributed by atoms with Gasteiger partial charge >= 0.3 is 0 Å². The van der Waals surface area contributed by atoms with Crippen LogP contribution < -0.4 is 5.32 Å². The Labute approximate surface area is 85.8 Å². The minimum atomic E-state index is 0.365. The Morgan fingerprint density at radius 1 is 1.38 bits per heavy atom. The van der Waals surface area contributed by atoms with Crippen LogP contribution in [0.15, 0.2) is 0 Å². The number of thioether (sulfide) groups is 1. The quantitative estimate of drug-likeness (QED) is 0.690. The largest absolute Gasteiger partial charge is 0.377 e. The lowest BCUT2D eigenvalue weighted by atomic mass is 10.1. The van der Waals surface area contributed by atoms with Crippen molar-refractivity contribution in [2.24, 2.45) is 0 Å². The van der Waals surface area contributed by atoms with Crippen LogP contribution in [0.3, 0.4) is 0 Å². The molecule has 0 unspecified atom stereocenters. The number of hydrogen-bond acceptors (Lipinski definition) is 3. The zero-order chi connectivity index (χ0) is 9.52. The zero-order valence-electron chi connectivity index (χ0n) is 8.71. The summed E-state index contributed by atoms with van der Waals surface area (Å²) in [6.07, 6.45) is 3.02. The molecule has 0 bridgehead atoms. The Morgan fingerprint density at radius 2 is 2.08 bits per heavy atom. The summed E-state index contributed by atoms with van der Waals surface area (Å²) in [7, 11) is 0. The summed E-state index contributed by atoms with van der Waals surface area (Å²) in [5.74, 6) is 2.64. The summed E-state index contributed by atoms with van der Waals surface area (Å²) in [5.41, 5.74) is 0. The van der Waals surface area contributed by atoms with Gasteiger partial charge in [0.1, 0.15) is 0 Å². The predicted octanol–water partition coefficient (Wildman–Crippen LogP) is 1.90. The second-order valence-electron chi connectivity index (χ2n) is 3.76. The van der Waals surface area contributed by atoms with Gasteiger partial charge in [-0.3, -0.25) is 0 Å². The van der Waals surface area contributed by atoms with E-state index in [-0.39, 0.29) is 0 Å². The van der Waals surface area contributed by atoms with E-state index >= 15 is 0 Å². The Morgan fingerprint density at radius 3 is 2.69 bits per heavy atom. The fraction of sp³-hybridized carbons (Fsp3) is 1.00. The van der Waals surface area contributed by atoms with Crippen molar-refractivity contribution in [3.05, 3.63) is 0 Å². The van der Waals surface area contributed by atoms with Gasteiger partial charge < -0.3 is 10.1 Å². The van der Waals surface area contributed by atoms with E-state index in [9.17, 15) is 0 Å². The number of nitrogens with one attached hydrogen (secondary N) is 1. The molecule has 1 saturated heterocycles. The molecule has 0 aromatic carbocycles. The van der Waals surface area contributed by atoms with Gasteiger partial charge in [0.05, 0.1) is 12.7 Å². The van der Waals surface area contributed by atoms with E-state index < -0.39 is 0 Å². The molecular weight excluding hydrogens is 182 g/mol. The first-order chi connectivity index (χ1) is 6.29. The molecule has 1 heterocycles. The van der Waals surface area contributed by atoms with E-state index in [1.165, 1.54) is 24.3 Å².